The minimum Gasteiger partial charge on any atom is -0.399 e. The summed E-state index contributed by atoms with van der Waals surface area (Å²) in [5.41, 5.74) is 7.39. The Bertz CT molecular complexity index is 672. The third-order valence-corrected chi connectivity index (χ3v) is 4.36. The molecule has 2 aromatic carbocycles. The van der Waals surface area contributed by atoms with Gasteiger partial charge in [0.05, 0.1) is 11.4 Å². The van der Waals surface area contributed by atoms with Gasteiger partial charge in [-0.3, -0.25) is 4.72 Å². The summed E-state index contributed by atoms with van der Waals surface area (Å²) in [5, 5.41) is 0. The minimum absolute atomic E-state index is 0.0648. The molecule has 0 aliphatic rings. The van der Waals surface area contributed by atoms with Crippen LogP contribution in [0.15, 0.2) is 53.0 Å². The lowest BCUT2D eigenvalue weighted by Crippen LogP contribution is -2.15. The summed E-state index contributed by atoms with van der Waals surface area (Å²) in [6.07, 6.45) is 0. The molecular formula is C13H13BrN2O2S. The number of benzene rings is 2. The first-order valence-electron chi connectivity index (χ1n) is 5.56. The van der Waals surface area contributed by atoms with Crippen molar-refractivity contribution in [2.75, 3.05) is 10.5 Å². The number of nitrogen functional groups attached to an aromatic ring is 1. The van der Waals surface area contributed by atoms with E-state index in [1.54, 1.807) is 30.3 Å². The Morgan fingerprint density at radius 2 is 1.79 bits per heavy atom. The predicted molar refractivity (Wildman–Crippen MR) is 81.2 cm³/mol. The van der Waals surface area contributed by atoms with Crippen molar-refractivity contribution in [3.05, 3.63) is 58.6 Å². The second kappa shape index (κ2) is 5.63. The van der Waals surface area contributed by atoms with Crippen molar-refractivity contribution >= 4 is 37.3 Å². The first-order chi connectivity index (χ1) is 8.96. The van der Waals surface area contributed by atoms with Gasteiger partial charge in [0.25, 0.3) is 0 Å². The van der Waals surface area contributed by atoms with Crippen molar-refractivity contribution in [1.29, 1.82) is 0 Å². The third-order valence-electron chi connectivity index (χ3n) is 2.46. The summed E-state index contributed by atoms with van der Waals surface area (Å²) in [6.45, 7) is 0. The molecule has 0 atom stereocenters. The molecule has 0 bridgehead atoms. The average Bonchev–Trinajstić information content (AvgIpc) is 2.33. The normalized spacial score (nSPS) is 11.2. The van der Waals surface area contributed by atoms with Gasteiger partial charge in [-0.05, 0) is 39.7 Å². The van der Waals surface area contributed by atoms with E-state index in [-0.39, 0.29) is 5.75 Å². The van der Waals surface area contributed by atoms with Crippen molar-refractivity contribution < 1.29 is 8.42 Å². The Labute approximate surface area is 120 Å². The zero-order valence-electron chi connectivity index (χ0n) is 10.0. The number of rotatable bonds is 4. The fourth-order valence-electron chi connectivity index (χ4n) is 1.61. The monoisotopic (exact) mass is 340 g/mol. The van der Waals surface area contributed by atoms with Gasteiger partial charge in [0, 0.05) is 10.2 Å². The molecular weight excluding hydrogens is 328 g/mol. The highest BCUT2D eigenvalue weighted by atomic mass is 79.9. The molecule has 0 heterocycles. The van der Waals surface area contributed by atoms with Crippen LogP contribution in [0.5, 0.6) is 0 Å². The van der Waals surface area contributed by atoms with Gasteiger partial charge in [0.2, 0.25) is 10.0 Å². The molecule has 0 saturated carbocycles. The van der Waals surface area contributed by atoms with Gasteiger partial charge in [0.1, 0.15) is 0 Å². The summed E-state index contributed by atoms with van der Waals surface area (Å²) in [6, 6.07) is 13.9. The number of halogens is 1. The molecule has 0 aliphatic carbocycles. The van der Waals surface area contributed by atoms with Crippen LogP contribution in [-0.2, 0) is 15.8 Å². The number of anilines is 2. The zero-order chi connectivity index (χ0) is 13.9. The first kappa shape index (κ1) is 13.9. The lowest BCUT2D eigenvalue weighted by Gasteiger charge is -2.10. The van der Waals surface area contributed by atoms with Gasteiger partial charge in [0.15, 0.2) is 0 Å². The summed E-state index contributed by atoms with van der Waals surface area (Å²) in [4.78, 5) is 0. The van der Waals surface area contributed by atoms with E-state index in [0.717, 1.165) is 5.56 Å². The second-order valence-corrected chi connectivity index (χ2v) is 6.66. The summed E-state index contributed by atoms with van der Waals surface area (Å²) in [7, 11) is -3.44. The van der Waals surface area contributed by atoms with Crippen LogP contribution >= 0.6 is 15.9 Å². The molecule has 0 amide bonds. The molecule has 0 radical (unpaired) electrons. The van der Waals surface area contributed by atoms with Gasteiger partial charge < -0.3 is 5.73 Å². The number of hydrogen-bond donors (Lipinski definition) is 2. The smallest absolute Gasteiger partial charge is 0.236 e. The fraction of sp³-hybridized carbons (Fsp3) is 0.0769. The predicted octanol–water partition coefficient (Wildman–Crippen LogP) is 2.97. The molecule has 0 saturated heterocycles. The van der Waals surface area contributed by atoms with Crippen molar-refractivity contribution in [3.8, 4) is 0 Å². The summed E-state index contributed by atoms with van der Waals surface area (Å²) in [5.74, 6) is -0.0648. The second-order valence-electron chi connectivity index (χ2n) is 4.09. The molecule has 0 aromatic heterocycles. The van der Waals surface area contributed by atoms with E-state index in [2.05, 4.69) is 20.7 Å². The number of nitrogens with two attached hydrogens (primary N) is 1. The maximum Gasteiger partial charge on any atom is 0.236 e. The van der Waals surface area contributed by atoms with Crippen LogP contribution in [-0.4, -0.2) is 8.42 Å². The highest BCUT2D eigenvalue weighted by molar-refractivity contribution is 9.10. The van der Waals surface area contributed by atoms with Crippen LogP contribution in [0, 0.1) is 0 Å². The standard InChI is InChI=1S/C13H13BrN2O2S/c14-12-8-11(15)6-7-13(12)16-19(17,18)9-10-4-2-1-3-5-10/h1-8,16H,9,15H2. The van der Waals surface area contributed by atoms with Crippen LogP contribution in [0.3, 0.4) is 0 Å². The number of hydrogen-bond acceptors (Lipinski definition) is 3. The van der Waals surface area contributed by atoms with Gasteiger partial charge in [-0.25, -0.2) is 8.42 Å². The highest BCUT2D eigenvalue weighted by Crippen LogP contribution is 2.26. The van der Waals surface area contributed by atoms with Crippen molar-refractivity contribution in [1.82, 2.24) is 0 Å². The Hall–Kier alpha value is -1.53. The van der Waals surface area contributed by atoms with Crippen LogP contribution in [0.1, 0.15) is 5.56 Å². The van der Waals surface area contributed by atoms with E-state index in [9.17, 15) is 8.42 Å². The van der Waals surface area contributed by atoms with E-state index in [0.29, 0.717) is 15.8 Å². The maximum absolute atomic E-state index is 12.0. The van der Waals surface area contributed by atoms with Crippen molar-refractivity contribution in [3.63, 3.8) is 0 Å². The van der Waals surface area contributed by atoms with E-state index in [4.69, 9.17) is 5.73 Å². The topological polar surface area (TPSA) is 72.2 Å². The van der Waals surface area contributed by atoms with Gasteiger partial charge in [-0.1, -0.05) is 30.3 Å². The summed E-state index contributed by atoms with van der Waals surface area (Å²) >= 11 is 3.28. The van der Waals surface area contributed by atoms with E-state index >= 15 is 0 Å². The SMILES string of the molecule is Nc1ccc(NS(=O)(=O)Cc2ccccc2)c(Br)c1. The van der Waals surface area contributed by atoms with Gasteiger partial charge >= 0.3 is 0 Å². The van der Waals surface area contributed by atoms with Crippen LogP contribution in [0.25, 0.3) is 0 Å². The summed E-state index contributed by atoms with van der Waals surface area (Å²) < 4.78 is 27.2. The van der Waals surface area contributed by atoms with E-state index in [1.807, 2.05) is 18.2 Å². The zero-order valence-corrected chi connectivity index (χ0v) is 12.4. The van der Waals surface area contributed by atoms with E-state index in [1.165, 1.54) is 0 Å². The molecule has 4 nitrogen and oxygen atoms in total. The molecule has 0 spiro atoms. The molecule has 19 heavy (non-hydrogen) atoms. The highest BCUT2D eigenvalue weighted by Gasteiger charge is 2.13. The van der Waals surface area contributed by atoms with Crippen LogP contribution < -0.4 is 10.5 Å². The number of sulfonamides is 1. The van der Waals surface area contributed by atoms with E-state index < -0.39 is 10.0 Å². The maximum atomic E-state index is 12.0. The molecule has 0 aliphatic heterocycles. The lowest BCUT2D eigenvalue weighted by molar-refractivity contribution is 0.600. The minimum atomic E-state index is -3.44. The Morgan fingerprint density at radius 3 is 2.42 bits per heavy atom. The largest absolute Gasteiger partial charge is 0.399 e. The quantitative estimate of drug-likeness (QED) is 0.840. The van der Waals surface area contributed by atoms with Crippen LogP contribution in [0.2, 0.25) is 0 Å². The van der Waals surface area contributed by atoms with Crippen molar-refractivity contribution in [2.24, 2.45) is 0 Å². The third kappa shape index (κ3) is 3.97. The molecule has 2 aromatic rings. The van der Waals surface area contributed by atoms with Gasteiger partial charge in [-0.15, -0.1) is 0 Å². The first-order valence-corrected chi connectivity index (χ1v) is 8.00. The fourth-order valence-corrected chi connectivity index (χ4v) is 3.45. The molecule has 0 fully saturated rings. The lowest BCUT2D eigenvalue weighted by atomic mass is 10.2. The average molecular weight is 341 g/mol. The Kier molecular flexibility index (Phi) is 4.11. The molecule has 3 N–H and O–H groups in total. The molecule has 2 rings (SSSR count). The Morgan fingerprint density at radius 1 is 1.11 bits per heavy atom. The molecule has 0 unspecified atom stereocenters. The number of nitrogens with one attached hydrogen (secondary N) is 1. The van der Waals surface area contributed by atoms with Gasteiger partial charge in [-0.2, -0.15) is 0 Å². The molecule has 100 valence electrons. The Balaban J connectivity index is 2.17. The molecule has 6 heteroatoms. The van der Waals surface area contributed by atoms with Crippen LogP contribution in [0.4, 0.5) is 11.4 Å². The van der Waals surface area contributed by atoms with Crippen molar-refractivity contribution in [2.45, 2.75) is 5.75 Å².